The molecule has 0 aliphatic heterocycles. The fraction of sp³-hybridized carbons (Fsp3) is 0.250. The van der Waals surface area contributed by atoms with Gasteiger partial charge in [-0.05, 0) is 51.0 Å². The van der Waals surface area contributed by atoms with Gasteiger partial charge in [0, 0.05) is 22.3 Å². The van der Waals surface area contributed by atoms with Crippen LogP contribution in [-0.4, -0.2) is 14.8 Å². The lowest BCUT2D eigenvalue weighted by molar-refractivity contribution is 0.451. The maximum absolute atomic E-state index is 12.9. The number of phenolic OH excluding ortho intramolecular Hbond substituents is 2. The minimum Gasteiger partial charge on any atom is -0.606 e. The second-order valence-electron chi connectivity index (χ2n) is 5.23. The summed E-state index contributed by atoms with van der Waals surface area (Å²) in [6.07, 6.45) is 0. The lowest BCUT2D eigenvalue weighted by Gasteiger charge is -2.19. The van der Waals surface area contributed by atoms with Crippen LogP contribution in [0.4, 0.5) is 0 Å². The Kier molecular flexibility index (Phi) is 4.87. The molecule has 3 nitrogen and oxygen atoms in total. The molecule has 0 aliphatic carbocycles. The molecule has 0 heterocycles. The maximum Gasteiger partial charge on any atom is 0.204 e. The fourth-order valence-corrected chi connectivity index (χ4v) is 4.29. The van der Waals surface area contributed by atoms with E-state index in [9.17, 15) is 14.8 Å². The third kappa shape index (κ3) is 2.76. The second-order valence-corrected chi connectivity index (χ2v) is 7.34. The Balaban J connectivity index is 2.72. The lowest BCUT2D eigenvalue weighted by Crippen LogP contribution is -2.08. The van der Waals surface area contributed by atoms with Crippen LogP contribution in [-0.2, 0) is 11.2 Å². The first-order valence-corrected chi connectivity index (χ1v) is 8.46. The Morgan fingerprint density at radius 1 is 0.818 bits per heavy atom. The number of hydrogen-bond acceptors (Lipinski definition) is 3. The molecular formula is C16H16Cl2O3S. The first-order chi connectivity index (χ1) is 10.2. The highest BCUT2D eigenvalue weighted by Gasteiger charge is 2.30. The highest BCUT2D eigenvalue weighted by atomic mass is 35.5. The Labute approximate surface area is 142 Å². The zero-order chi connectivity index (χ0) is 16.8. The predicted molar refractivity (Wildman–Crippen MR) is 89.9 cm³/mol. The largest absolute Gasteiger partial charge is 0.606 e. The van der Waals surface area contributed by atoms with Gasteiger partial charge in [-0.15, -0.1) is 0 Å². The molecule has 0 amide bonds. The van der Waals surface area contributed by atoms with Crippen molar-refractivity contribution < 1.29 is 14.8 Å². The Bertz CT molecular complexity index is 697. The number of aromatic hydroxyl groups is 2. The molecule has 0 radical (unpaired) electrons. The molecule has 0 saturated carbocycles. The van der Waals surface area contributed by atoms with Crippen LogP contribution in [0.2, 0.25) is 10.0 Å². The normalized spacial score (nSPS) is 11.3. The minimum atomic E-state index is -1.80. The van der Waals surface area contributed by atoms with Crippen LogP contribution in [0.25, 0.3) is 0 Å². The van der Waals surface area contributed by atoms with E-state index in [1.54, 1.807) is 27.7 Å². The molecule has 0 aromatic heterocycles. The van der Waals surface area contributed by atoms with Crippen LogP contribution in [0, 0.1) is 27.7 Å². The van der Waals surface area contributed by atoms with Crippen LogP contribution < -0.4 is 0 Å². The summed E-state index contributed by atoms with van der Waals surface area (Å²) in [5.41, 5.74) is 2.43. The standard InChI is InChI=1S/C16H16Cl2O3S/c1-7-5-11(19)15(9(3)13(7)17)22(21)16-10(4)14(18)8(2)6-12(16)20/h5-6,19-20H,1-4H3. The maximum atomic E-state index is 12.9. The molecule has 22 heavy (non-hydrogen) atoms. The van der Waals surface area contributed by atoms with Crippen molar-refractivity contribution in [2.24, 2.45) is 0 Å². The first-order valence-electron chi connectivity index (χ1n) is 6.55. The Morgan fingerprint density at radius 2 is 1.14 bits per heavy atom. The van der Waals surface area contributed by atoms with Crippen LogP contribution in [0.3, 0.4) is 0 Å². The van der Waals surface area contributed by atoms with Crippen LogP contribution in [0.5, 0.6) is 11.5 Å². The third-order valence-electron chi connectivity index (χ3n) is 3.57. The molecular weight excluding hydrogens is 343 g/mol. The van der Waals surface area contributed by atoms with E-state index in [0.717, 1.165) is 0 Å². The van der Waals surface area contributed by atoms with E-state index in [0.29, 0.717) is 32.3 Å². The number of aryl methyl sites for hydroxylation is 2. The molecule has 2 N–H and O–H groups in total. The number of rotatable bonds is 2. The van der Waals surface area contributed by atoms with Gasteiger partial charge in [-0.2, -0.15) is 0 Å². The van der Waals surface area contributed by atoms with E-state index in [1.807, 2.05) is 0 Å². The predicted octanol–water partition coefficient (Wildman–Crippen LogP) is 4.80. The molecule has 0 fully saturated rings. The number of halogens is 2. The average molecular weight is 359 g/mol. The monoisotopic (exact) mass is 358 g/mol. The molecule has 0 saturated heterocycles. The van der Waals surface area contributed by atoms with Crippen molar-refractivity contribution in [3.05, 3.63) is 44.4 Å². The zero-order valence-corrected chi connectivity index (χ0v) is 14.9. The lowest BCUT2D eigenvalue weighted by atomic mass is 10.1. The minimum absolute atomic E-state index is 0.117. The Hall–Kier alpha value is -1.07. The summed E-state index contributed by atoms with van der Waals surface area (Å²) in [5, 5.41) is 21.2. The number of phenols is 2. The van der Waals surface area contributed by atoms with Gasteiger partial charge in [0.25, 0.3) is 0 Å². The second kappa shape index (κ2) is 6.20. The zero-order valence-electron chi connectivity index (χ0n) is 12.6. The Morgan fingerprint density at radius 3 is 1.45 bits per heavy atom. The van der Waals surface area contributed by atoms with Crippen molar-refractivity contribution in [2.45, 2.75) is 37.5 Å². The van der Waals surface area contributed by atoms with Crippen LogP contribution in [0.1, 0.15) is 22.3 Å². The van der Waals surface area contributed by atoms with E-state index < -0.39 is 11.2 Å². The van der Waals surface area contributed by atoms with Crippen molar-refractivity contribution >= 4 is 34.4 Å². The van der Waals surface area contributed by atoms with Gasteiger partial charge in [0.2, 0.25) is 9.79 Å². The fourth-order valence-electron chi connectivity index (χ4n) is 2.41. The van der Waals surface area contributed by atoms with Crippen molar-refractivity contribution in [1.29, 1.82) is 0 Å². The van der Waals surface area contributed by atoms with Gasteiger partial charge in [0.05, 0.1) is 10.0 Å². The van der Waals surface area contributed by atoms with E-state index in [-0.39, 0.29) is 21.3 Å². The molecule has 0 aliphatic rings. The molecule has 2 aromatic rings. The van der Waals surface area contributed by atoms with Gasteiger partial charge in [-0.1, -0.05) is 23.2 Å². The highest BCUT2D eigenvalue weighted by molar-refractivity contribution is 7.91. The molecule has 2 rings (SSSR count). The van der Waals surface area contributed by atoms with Gasteiger partial charge in [-0.3, -0.25) is 0 Å². The number of benzene rings is 2. The van der Waals surface area contributed by atoms with Crippen LogP contribution in [0.15, 0.2) is 21.9 Å². The summed E-state index contributed by atoms with van der Waals surface area (Å²) >= 11 is 10.6. The van der Waals surface area contributed by atoms with Crippen molar-refractivity contribution in [1.82, 2.24) is 0 Å². The average Bonchev–Trinajstić information content (AvgIpc) is 2.42. The van der Waals surface area contributed by atoms with E-state index >= 15 is 0 Å². The van der Waals surface area contributed by atoms with Gasteiger partial charge < -0.3 is 14.8 Å². The van der Waals surface area contributed by atoms with Gasteiger partial charge in [0.1, 0.15) is 0 Å². The molecule has 0 spiro atoms. The summed E-state index contributed by atoms with van der Waals surface area (Å²) in [5.74, 6) is -0.235. The molecule has 0 atom stereocenters. The van der Waals surface area contributed by atoms with Crippen molar-refractivity contribution in [3.8, 4) is 11.5 Å². The van der Waals surface area contributed by atoms with Crippen LogP contribution >= 0.6 is 23.2 Å². The SMILES string of the molecule is Cc1cc(O)c([S+]([O-])c2c(O)cc(C)c(Cl)c2C)c(C)c1Cl. The van der Waals surface area contributed by atoms with E-state index in [1.165, 1.54) is 12.1 Å². The van der Waals surface area contributed by atoms with Gasteiger partial charge in [0.15, 0.2) is 11.5 Å². The molecule has 0 unspecified atom stereocenters. The first kappa shape index (κ1) is 17.3. The van der Waals surface area contributed by atoms with Gasteiger partial charge >= 0.3 is 0 Å². The molecule has 118 valence electrons. The number of hydrogen-bond donors (Lipinski definition) is 2. The molecule has 2 aromatic carbocycles. The van der Waals surface area contributed by atoms with Crippen molar-refractivity contribution in [3.63, 3.8) is 0 Å². The summed E-state index contributed by atoms with van der Waals surface area (Å²) in [7, 11) is 0. The highest BCUT2D eigenvalue weighted by Crippen LogP contribution is 2.42. The van der Waals surface area contributed by atoms with E-state index in [4.69, 9.17) is 23.2 Å². The topological polar surface area (TPSA) is 63.5 Å². The van der Waals surface area contributed by atoms with Gasteiger partial charge in [-0.25, -0.2) is 0 Å². The summed E-state index contributed by atoms with van der Waals surface area (Å²) in [4.78, 5) is 0.378. The summed E-state index contributed by atoms with van der Waals surface area (Å²) in [6.45, 7) is 6.88. The molecule has 0 bridgehead atoms. The van der Waals surface area contributed by atoms with E-state index in [2.05, 4.69) is 0 Å². The summed E-state index contributed by atoms with van der Waals surface area (Å²) in [6, 6.07) is 2.93. The summed E-state index contributed by atoms with van der Waals surface area (Å²) < 4.78 is 12.9. The smallest absolute Gasteiger partial charge is 0.204 e. The molecule has 6 heteroatoms. The third-order valence-corrected chi connectivity index (χ3v) is 6.51. The quantitative estimate of drug-likeness (QED) is 0.757. The van der Waals surface area contributed by atoms with Crippen molar-refractivity contribution in [2.75, 3.05) is 0 Å².